The maximum absolute atomic E-state index is 13.9. The minimum Gasteiger partial charge on any atom is -0.496 e. The molecular weight excluding hydrogens is 455 g/mol. The number of hydrogen-bond acceptors (Lipinski definition) is 6. The first kappa shape index (κ1) is 22.3. The molecule has 0 bridgehead atoms. The Kier molecular flexibility index (Phi) is 5.51. The Balaban J connectivity index is 1.58. The van der Waals surface area contributed by atoms with Crippen LogP contribution in [0.5, 0.6) is 5.75 Å². The normalized spacial score (nSPS) is 13.7. The topological polar surface area (TPSA) is 69.5 Å². The van der Waals surface area contributed by atoms with Gasteiger partial charge in [-0.1, -0.05) is 0 Å². The summed E-state index contributed by atoms with van der Waals surface area (Å²) in [6.45, 7) is 7.04. The molecule has 3 aromatic heterocycles. The molecule has 4 aromatic rings. The van der Waals surface area contributed by atoms with Crippen LogP contribution >= 0.6 is 11.3 Å². The number of ether oxygens (including phenoxy) is 2. The summed E-state index contributed by atoms with van der Waals surface area (Å²) in [5.74, 6) is 0.0668. The summed E-state index contributed by atoms with van der Waals surface area (Å²) in [4.78, 5) is 19.0. The highest BCUT2D eigenvalue weighted by Gasteiger charge is 2.28. The van der Waals surface area contributed by atoms with Crippen molar-refractivity contribution in [2.75, 3.05) is 13.7 Å². The predicted octanol–water partition coefficient (Wildman–Crippen LogP) is 5.73. The first-order chi connectivity index (χ1) is 16.2. The van der Waals surface area contributed by atoms with E-state index in [4.69, 9.17) is 19.6 Å². The Morgan fingerprint density at radius 3 is 2.76 bits per heavy atom. The summed E-state index contributed by atoms with van der Waals surface area (Å²) in [6.07, 6.45) is 1.49. The van der Waals surface area contributed by atoms with E-state index in [1.165, 1.54) is 19.2 Å². The lowest BCUT2D eigenvalue weighted by Crippen LogP contribution is -2.41. The van der Waals surface area contributed by atoms with Crippen molar-refractivity contribution in [2.24, 2.45) is 0 Å². The van der Waals surface area contributed by atoms with E-state index in [1.807, 2.05) is 49.2 Å². The molecule has 0 spiro atoms. The number of carbonyl (C=O) groups excluding carboxylic acids is 1. The molecule has 0 aliphatic carbocycles. The lowest BCUT2D eigenvalue weighted by atomic mass is 10.00. The molecule has 0 fully saturated rings. The molecule has 0 radical (unpaired) electrons. The summed E-state index contributed by atoms with van der Waals surface area (Å²) in [5, 5.41) is 7.81. The van der Waals surface area contributed by atoms with Gasteiger partial charge in [0, 0.05) is 40.0 Å². The molecule has 4 heterocycles. The lowest BCUT2D eigenvalue weighted by molar-refractivity contribution is 0.0194. The van der Waals surface area contributed by atoms with Gasteiger partial charge in [0.25, 0.3) is 0 Å². The van der Waals surface area contributed by atoms with Gasteiger partial charge in [-0.05, 0) is 50.4 Å². The lowest BCUT2D eigenvalue weighted by Gasteiger charge is -2.30. The fraction of sp³-hybridized carbons (Fsp3) is 0.320. The zero-order valence-electron chi connectivity index (χ0n) is 19.5. The second kappa shape index (κ2) is 8.39. The van der Waals surface area contributed by atoms with Crippen LogP contribution in [0.2, 0.25) is 0 Å². The number of rotatable bonds is 3. The maximum Gasteiger partial charge on any atom is 0.410 e. The fourth-order valence-electron chi connectivity index (χ4n) is 4.11. The molecular formula is C25H25FN4O3S. The van der Waals surface area contributed by atoms with Crippen LogP contribution < -0.4 is 4.74 Å². The zero-order chi connectivity index (χ0) is 24.0. The summed E-state index contributed by atoms with van der Waals surface area (Å²) in [7, 11) is 1.53. The maximum atomic E-state index is 13.9. The largest absolute Gasteiger partial charge is 0.496 e. The molecule has 1 aliphatic rings. The van der Waals surface area contributed by atoms with Crippen LogP contribution in [0.3, 0.4) is 0 Å². The van der Waals surface area contributed by atoms with Crippen LogP contribution in [0.15, 0.2) is 41.9 Å². The zero-order valence-corrected chi connectivity index (χ0v) is 20.3. The highest BCUT2D eigenvalue weighted by atomic mass is 32.1. The number of methoxy groups -OCH3 is 1. The van der Waals surface area contributed by atoms with E-state index in [-0.39, 0.29) is 11.9 Å². The van der Waals surface area contributed by atoms with E-state index in [1.54, 1.807) is 22.3 Å². The van der Waals surface area contributed by atoms with Crippen LogP contribution in [0, 0.1) is 5.82 Å². The number of halogens is 1. The fourth-order valence-corrected chi connectivity index (χ4v) is 5.04. The van der Waals surface area contributed by atoms with Crippen molar-refractivity contribution in [1.82, 2.24) is 19.7 Å². The van der Waals surface area contributed by atoms with Crippen LogP contribution in [0.25, 0.3) is 32.6 Å². The molecule has 0 atom stereocenters. The second-order valence-electron chi connectivity index (χ2n) is 9.18. The number of nitrogens with zero attached hydrogens (tertiary/aromatic N) is 4. The molecule has 0 saturated carbocycles. The van der Waals surface area contributed by atoms with Gasteiger partial charge in [0.05, 0.1) is 31.6 Å². The van der Waals surface area contributed by atoms with Crippen LogP contribution in [-0.4, -0.2) is 45.0 Å². The minimum atomic E-state index is -0.552. The Bertz CT molecular complexity index is 1390. The molecule has 1 aliphatic heterocycles. The molecule has 1 aromatic carbocycles. The number of hydrogen-bond donors (Lipinski definition) is 0. The van der Waals surface area contributed by atoms with Crippen molar-refractivity contribution in [3.8, 4) is 28.3 Å². The number of carbonyl (C=O) groups is 1. The molecule has 34 heavy (non-hydrogen) atoms. The summed E-state index contributed by atoms with van der Waals surface area (Å²) >= 11 is 1.59. The molecule has 5 rings (SSSR count). The number of fused-ring (bicyclic) bond motifs is 2. The van der Waals surface area contributed by atoms with Crippen molar-refractivity contribution in [3.05, 3.63) is 53.4 Å². The van der Waals surface area contributed by atoms with E-state index < -0.39 is 5.60 Å². The van der Waals surface area contributed by atoms with E-state index in [0.717, 1.165) is 26.9 Å². The average molecular weight is 481 g/mol. The number of pyridine rings is 1. The molecule has 0 N–H and O–H groups in total. The first-order valence-electron chi connectivity index (χ1n) is 11.0. The van der Waals surface area contributed by atoms with Crippen LogP contribution in [-0.2, 0) is 17.8 Å². The summed E-state index contributed by atoms with van der Waals surface area (Å²) < 4.78 is 27.9. The van der Waals surface area contributed by atoms with E-state index >= 15 is 0 Å². The number of benzene rings is 1. The summed E-state index contributed by atoms with van der Waals surface area (Å²) in [6, 6.07) is 8.48. The average Bonchev–Trinajstić information content (AvgIpc) is 3.43. The highest BCUT2D eigenvalue weighted by molar-refractivity contribution is 7.17. The number of amides is 1. The molecule has 1 amide bonds. The van der Waals surface area contributed by atoms with Crippen molar-refractivity contribution in [3.63, 3.8) is 0 Å². The molecule has 0 saturated heterocycles. The van der Waals surface area contributed by atoms with E-state index in [0.29, 0.717) is 36.8 Å². The van der Waals surface area contributed by atoms with Gasteiger partial charge >= 0.3 is 6.09 Å². The van der Waals surface area contributed by atoms with Crippen LogP contribution in [0.1, 0.15) is 26.5 Å². The van der Waals surface area contributed by atoms with Gasteiger partial charge in [-0.3, -0.25) is 9.67 Å². The van der Waals surface area contributed by atoms with E-state index in [9.17, 15) is 9.18 Å². The van der Waals surface area contributed by atoms with Crippen molar-refractivity contribution >= 4 is 27.5 Å². The van der Waals surface area contributed by atoms with E-state index in [2.05, 4.69) is 0 Å². The summed E-state index contributed by atoms with van der Waals surface area (Å²) in [5.41, 5.74) is 3.33. The van der Waals surface area contributed by atoms with Gasteiger partial charge in [0.1, 0.15) is 22.9 Å². The van der Waals surface area contributed by atoms with Crippen molar-refractivity contribution < 1.29 is 18.7 Å². The molecule has 9 heteroatoms. The van der Waals surface area contributed by atoms with Gasteiger partial charge in [-0.2, -0.15) is 5.10 Å². The molecule has 0 unspecified atom stereocenters. The van der Waals surface area contributed by atoms with Crippen molar-refractivity contribution in [2.45, 2.75) is 39.5 Å². The third-order valence-electron chi connectivity index (χ3n) is 5.62. The molecule has 176 valence electrons. The number of aromatic nitrogens is 3. The van der Waals surface area contributed by atoms with Crippen LogP contribution in [0.4, 0.5) is 9.18 Å². The highest BCUT2D eigenvalue weighted by Crippen LogP contribution is 2.42. The van der Waals surface area contributed by atoms with Gasteiger partial charge in [0.2, 0.25) is 0 Å². The van der Waals surface area contributed by atoms with Gasteiger partial charge in [-0.25, -0.2) is 9.18 Å². The Morgan fingerprint density at radius 2 is 2.00 bits per heavy atom. The van der Waals surface area contributed by atoms with Gasteiger partial charge in [0.15, 0.2) is 0 Å². The monoisotopic (exact) mass is 480 g/mol. The Morgan fingerprint density at radius 1 is 1.18 bits per heavy atom. The third kappa shape index (κ3) is 4.11. The quantitative estimate of drug-likeness (QED) is 0.375. The SMILES string of the molecule is COc1cc(F)ccc1-c1c(-c2cc3n(n2)CCN(C(=O)OC(C)(C)C)C3)ncc2ccsc12. The van der Waals surface area contributed by atoms with Gasteiger partial charge < -0.3 is 14.4 Å². The first-order valence-corrected chi connectivity index (χ1v) is 11.9. The smallest absolute Gasteiger partial charge is 0.410 e. The standard InChI is InChI=1S/C25H25FN4O3S/c1-25(2,3)33-24(31)29-8-9-30-17(14-29)12-19(28-30)22-21(23-15(13-27-22)7-10-34-23)18-6-5-16(26)11-20(18)32-4/h5-7,10-13H,8-9,14H2,1-4H3. The van der Waals surface area contributed by atoms with Crippen molar-refractivity contribution in [1.29, 1.82) is 0 Å². The second-order valence-corrected chi connectivity index (χ2v) is 10.1. The minimum absolute atomic E-state index is 0.337. The Hall–Kier alpha value is -3.46. The number of thiophene rings is 1. The van der Waals surface area contributed by atoms with Gasteiger partial charge in [-0.15, -0.1) is 11.3 Å². The third-order valence-corrected chi connectivity index (χ3v) is 6.57. The predicted molar refractivity (Wildman–Crippen MR) is 129 cm³/mol. The molecule has 7 nitrogen and oxygen atoms in total. The Labute approximate surface area is 200 Å².